The number of amides is 4. The molecule has 12 aromatic rings. The van der Waals surface area contributed by atoms with Gasteiger partial charge in [-0.15, -0.1) is 0 Å². The summed E-state index contributed by atoms with van der Waals surface area (Å²) in [6, 6.07) is 50.4. The first-order valence-electron chi connectivity index (χ1n) is 39.6. The van der Waals surface area contributed by atoms with Gasteiger partial charge in [0.25, 0.3) is 0 Å². The number of halogens is 12. The van der Waals surface area contributed by atoms with Gasteiger partial charge in [0.15, 0.2) is 46.0 Å². The van der Waals surface area contributed by atoms with Crippen molar-refractivity contribution in [3.63, 3.8) is 0 Å². The van der Waals surface area contributed by atoms with Crippen LogP contribution in [0.1, 0.15) is 128 Å². The molecule has 0 aliphatic carbocycles. The summed E-state index contributed by atoms with van der Waals surface area (Å²) >= 11 is 0. The van der Waals surface area contributed by atoms with Gasteiger partial charge in [-0.2, -0.15) is 52.7 Å². The van der Waals surface area contributed by atoms with E-state index in [0.29, 0.717) is 98.5 Å². The number of alkyl halides is 12. The third kappa shape index (κ3) is 13.8. The second-order valence-corrected chi connectivity index (χ2v) is 30.9. The van der Waals surface area contributed by atoms with E-state index in [9.17, 15) is 82.1 Å². The first-order chi connectivity index (χ1) is 60.6. The maximum Gasteiger partial charge on any atom is 0.449 e. The molecule has 4 atom stereocenters. The molecule has 0 radical (unpaired) electrons. The second kappa shape index (κ2) is 30.9. The van der Waals surface area contributed by atoms with Crippen LogP contribution in [0.4, 0.5) is 75.4 Å². The van der Waals surface area contributed by atoms with Crippen molar-refractivity contribution in [1.29, 1.82) is 0 Å². The van der Waals surface area contributed by atoms with Crippen molar-refractivity contribution >= 4 is 46.4 Å². The number of hydrogen-bond donors (Lipinski definition) is 2. The van der Waals surface area contributed by atoms with Crippen molar-refractivity contribution < 1.29 is 142 Å². The average molecular weight is 1760 g/mol. The molecule has 9 aliphatic heterocycles. The van der Waals surface area contributed by atoms with E-state index >= 15 is 0 Å². The number of aromatic hydroxyl groups is 1. The summed E-state index contributed by atoms with van der Waals surface area (Å²) in [5.41, 5.74) is 4.28. The quantitative estimate of drug-likeness (QED) is 0.0959. The smallest absolute Gasteiger partial charge is 0.449 e. The number of anilines is 4. The lowest BCUT2D eigenvalue weighted by Gasteiger charge is -2.30. The van der Waals surface area contributed by atoms with E-state index < -0.39 is 81.9 Å². The second-order valence-electron chi connectivity index (χ2n) is 30.9. The molecular weight excluding hydrogens is 1690 g/mol. The highest BCUT2D eigenvalue weighted by molar-refractivity contribution is 6.14. The zero-order valence-corrected chi connectivity index (χ0v) is 67.1. The molecule has 2 N–H and O–H groups in total. The molecule has 4 amide bonds. The van der Waals surface area contributed by atoms with Crippen LogP contribution in [0.2, 0.25) is 0 Å². The van der Waals surface area contributed by atoms with E-state index in [1.54, 1.807) is 72.8 Å². The first kappa shape index (κ1) is 83.8. The van der Waals surface area contributed by atoms with E-state index in [4.69, 9.17) is 60.3 Å². The number of benzene rings is 8. The van der Waals surface area contributed by atoms with Gasteiger partial charge in [-0.05, 0) is 180 Å². The third-order valence-corrected chi connectivity index (χ3v) is 24.1. The number of nitrogens with zero attached hydrogens (tertiary/aromatic N) is 4. The number of phenolic OH excluding ortho intramolecular Hbond substituents is 1. The first-order valence-corrected chi connectivity index (χ1v) is 39.6. The Balaban J connectivity index is 0.000000115. The molecule has 23 nitrogen and oxygen atoms in total. The average Bonchev–Trinajstić information content (AvgIpc) is 1.54. The van der Waals surface area contributed by atoms with Gasteiger partial charge in [-0.3, -0.25) is 19.2 Å². The van der Waals surface area contributed by atoms with Gasteiger partial charge in [-0.25, -0.2) is 0 Å². The number of aliphatic hydroxyl groups excluding tert-OH is 1. The molecule has 1 spiro atoms. The largest absolute Gasteiger partial charge is 0.507 e. The predicted molar refractivity (Wildman–Crippen MR) is 423 cm³/mol. The minimum absolute atomic E-state index is 0.0392. The Hall–Kier alpha value is -14.1. The molecule has 8 aromatic carbocycles. The zero-order chi connectivity index (χ0) is 89.4. The highest BCUT2D eigenvalue weighted by atomic mass is 19.4. The van der Waals surface area contributed by atoms with Crippen molar-refractivity contribution in [2.75, 3.05) is 60.0 Å². The van der Waals surface area contributed by atoms with E-state index in [1.807, 2.05) is 88.4 Å². The van der Waals surface area contributed by atoms with E-state index in [1.165, 1.54) is 49.9 Å². The molecule has 0 saturated heterocycles. The normalized spacial score (nSPS) is 19.9. The lowest BCUT2D eigenvalue weighted by atomic mass is 9.71. The summed E-state index contributed by atoms with van der Waals surface area (Å²) in [6.07, 6.45) is -17.5. The lowest BCUT2D eigenvalue weighted by molar-refractivity contribution is -0.154. The topological polar surface area (TPSA) is 257 Å². The molecule has 4 aromatic heterocycles. The number of hydrogen-bond acceptors (Lipinski definition) is 19. The Bertz CT molecular complexity index is 5960. The van der Waals surface area contributed by atoms with Gasteiger partial charge < -0.3 is 90.1 Å². The van der Waals surface area contributed by atoms with Gasteiger partial charge in [0.05, 0.1) is 32.8 Å². The van der Waals surface area contributed by atoms with E-state index in [-0.39, 0.29) is 112 Å². The maximum absolute atomic E-state index is 14.0. The van der Waals surface area contributed by atoms with Gasteiger partial charge >= 0.3 is 24.7 Å². The van der Waals surface area contributed by atoms with Crippen LogP contribution < -0.4 is 62.2 Å². The molecule has 1 unspecified atom stereocenters. The van der Waals surface area contributed by atoms with Crippen LogP contribution >= 0.6 is 0 Å². The molecule has 0 saturated carbocycles. The van der Waals surface area contributed by atoms with Crippen LogP contribution in [-0.4, -0.2) is 74.2 Å². The molecule has 13 heterocycles. The Kier molecular flexibility index (Phi) is 20.4. The fourth-order valence-corrected chi connectivity index (χ4v) is 18.2. The number of aliphatic hydroxyl groups is 1. The van der Waals surface area contributed by atoms with Crippen LogP contribution in [-0.2, 0) is 91.7 Å². The van der Waals surface area contributed by atoms with Crippen molar-refractivity contribution in [2.45, 2.75) is 113 Å². The molecule has 9 aliphatic rings. The highest BCUT2D eigenvalue weighted by Gasteiger charge is 2.60. The number of para-hydroxylation sites is 4. The Labute approximate surface area is 712 Å². The Morgan fingerprint density at radius 2 is 0.598 bits per heavy atom. The number of aryl methyl sites for hydroxylation is 2. The van der Waals surface area contributed by atoms with Crippen LogP contribution in [0.3, 0.4) is 0 Å². The fourth-order valence-electron chi connectivity index (χ4n) is 18.2. The van der Waals surface area contributed by atoms with Crippen molar-refractivity contribution in [3.8, 4) is 57.5 Å². The highest BCUT2D eigenvalue weighted by Crippen LogP contribution is 2.59. The lowest BCUT2D eigenvalue weighted by Crippen LogP contribution is -2.43. The number of phenols is 1. The number of fused-ring (bicyclic) bond motifs is 11. The van der Waals surface area contributed by atoms with Crippen LogP contribution in [0.25, 0.3) is 0 Å². The number of rotatable bonds is 14. The van der Waals surface area contributed by atoms with Crippen molar-refractivity contribution in [3.05, 3.63) is 296 Å². The zero-order valence-electron chi connectivity index (χ0n) is 67.1. The monoisotopic (exact) mass is 1760 g/mol. The minimum atomic E-state index is -4.65. The van der Waals surface area contributed by atoms with E-state index in [2.05, 4.69) is 0 Å². The van der Waals surface area contributed by atoms with Crippen LogP contribution in [0.15, 0.2) is 212 Å². The fraction of sp³-hybridized carbons (Fsp3) is 0.261. The molecule has 35 heteroatoms. The number of furan rings is 4. The standard InChI is InChI=1S/2C24H20F3NO4.C22H16F3NO6.C22H14F3NO5/c2*1-3-23(17-11-20-19(10-14(17)2)30-13-31-20)16-6-4-5-7-18(16)28(22(23)29)12-15-8-9-21(32-15)24(25,26)27;23-22(24,25)19-6-5-12(32-19)9-26-15-4-2-1-3-13(15)21(10-27,20(26)29)14-7-17-18(8-16(14)28)31-11-30-17;23-22(24,25)19-6-5-12(31-19)9-26-15-4-2-1-3-13(15)21(20(26)27)10-28-16-8-18-17(7-14(16)21)29-11-30-18/h2*4-11H,3,12-13H2,1-2H3;1-8,27-28H,9-11H2;1-8H,9-11H2/t23-;;2*21-/m0.00/s1. The third-order valence-electron chi connectivity index (χ3n) is 24.1. The number of carbonyl (C=O) groups excluding carboxylic acids is 4. The summed E-state index contributed by atoms with van der Waals surface area (Å²) in [5, 5.41) is 21.1. The summed E-state index contributed by atoms with van der Waals surface area (Å²) in [7, 11) is 0. The Morgan fingerprint density at radius 3 is 0.937 bits per heavy atom. The molecule has 0 fully saturated rings. The molecule has 21 rings (SSSR count). The maximum atomic E-state index is 14.0. The van der Waals surface area contributed by atoms with Gasteiger partial charge in [0, 0.05) is 46.0 Å². The summed E-state index contributed by atoms with van der Waals surface area (Å²) < 4.78 is 225. The van der Waals surface area contributed by atoms with Gasteiger partial charge in [0.1, 0.15) is 62.8 Å². The summed E-state index contributed by atoms with van der Waals surface area (Å²) in [4.78, 5) is 61.1. The van der Waals surface area contributed by atoms with Gasteiger partial charge in [-0.1, -0.05) is 86.6 Å². The predicted octanol–water partition coefficient (Wildman–Crippen LogP) is 19.0. The SMILES string of the molecule is CCC1(c2cc3c(cc2C)OCO3)C(=O)N(Cc2ccc(C(F)(F)F)o2)c2ccccc21.CC[C@]1(c2cc3c(cc2C)OCO3)C(=O)N(Cc2ccc(C(F)(F)F)o2)c2ccccc21.O=C1N(Cc2ccc(C(F)(F)F)o2)c2ccccc2[C@@]1(CO)c1cc2c(cc1O)OCO2.O=C1N(Cc2ccc(C(F)(F)F)o2)c2ccccc2[C@]12COc1cc3c(cc12)OCO3. The van der Waals surface area contributed by atoms with Crippen molar-refractivity contribution in [2.24, 2.45) is 0 Å². The molecule has 127 heavy (non-hydrogen) atoms. The molecular formula is C92H70F12N4O19. The summed E-state index contributed by atoms with van der Waals surface area (Å²) in [6.45, 7) is 6.70. The van der Waals surface area contributed by atoms with Crippen LogP contribution in [0, 0.1) is 13.8 Å². The molecule has 0 bridgehead atoms. The van der Waals surface area contributed by atoms with Gasteiger partial charge in [0.2, 0.25) is 73.8 Å². The van der Waals surface area contributed by atoms with Crippen LogP contribution in [0.5, 0.6) is 57.5 Å². The number of ether oxygens (including phenoxy) is 9. The van der Waals surface area contributed by atoms with E-state index in [0.717, 1.165) is 69.3 Å². The number of carbonyl (C=O) groups is 4. The van der Waals surface area contributed by atoms with Crippen molar-refractivity contribution in [1.82, 2.24) is 0 Å². The molecule has 656 valence electrons. The summed E-state index contributed by atoms with van der Waals surface area (Å²) in [5.74, 6) is -1.40. The Morgan fingerprint density at radius 1 is 0.315 bits per heavy atom. The minimum Gasteiger partial charge on any atom is -0.507 e.